The van der Waals surface area contributed by atoms with Gasteiger partial charge < -0.3 is 119 Å². The molecular formula is C57H90O26. The minimum absolute atomic E-state index is 0.0683. The third kappa shape index (κ3) is 10.6. The zero-order valence-corrected chi connectivity index (χ0v) is 48.3. The SMILES string of the molecule is C[C@@H]1O[C@@H](O[C@H]2[C@H](OC(=O)[C@]34CCC(C)(C)C[C@H]3C3=CC[C@@H]5[C@@]6(C)CC[C@H](O[C@@H]7O[C@H](C(=O)O)[C@@H](O)[C@H](O)[C@H]7O)C(C)(C)[C@@H]6CC[C@@]5(C)[C@]3(C)C[C@H]4O)OC[C@@H](O)[C@@H]2O)[C@H](O)[C@H](O)[C@H]1O[C@@H]1OC[C@@H](O)[C@H](O[C@@H]2OC[C@@H](O)[C@H](O)[C@H]2O)[C@H]1O. The van der Waals surface area contributed by atoms with Crippen molar-refractivity contribution in [3.05, 3.63) is 11.6 Å². The first-order valence-electron chi connectivity index (χ1n) is 29.5. The molecule has 26 heteroatoms. The number of hydrogen-bond donors (Lipinski definition) is 14. The lowest BCUT2D eigenvalue weighted by molar-refractivity contribution is -0.375. The number of ether oxygens (including phenoxy) is 10. The lowest BCUT2D eigenvalue weighted by atomic mass is 9.33. The van der Waals surface area contributed by atoms with E-state index in [1.54, 1.807) is 0 Å². The van der Waals surface area contributed by atoms with Gasteiger partial charge in [-0.3, -0.25) is 4.79 Å². The minimum atomic E-state index is -1.96. The summed E-state index contributed by atoms with van der Waals surface area (Å²) >= 11 is 0. The lowest BCUT2D eigenvalue weighted by Gasteiger charge is -2.71. The van der Waals surface area contributed by atoms with E-state index in [-0.39, 0.29) is 35.5 Å². The van der Waals surface area contributed by atoms with Crippen LogP contribution in [0.25, 0.3) is 0 Å². The third-order valence-electron chi connectivity index (χ3n) is 22.3. The van der Waals surface area contributed by atoms with Crippen molar-refractivity contribution in [1.29, 1.82) is 0 Å². The molecule has 0 unspecified atom stereocenters. The van der Waals surface area contributed by atoms with Crippen LogP contribution in [-0.2, 0) is 57.0 Å². The lowest BCUT2D eigenvalue weighted by Crippen LogP contribution is -2.68. The van der Waals surface area contributed by atoms with Crippen molar-refractivity contribution in [1.82, 2.24) is 0 Å². The van der Waals surface area contributed by atoms with Crippen molar-refractivity contribution in [2.24, 2.45) is 50.2 Å². The topological polar surface area (TPSA) is 410 Å². The highest BCUT2D eigenvalue weighted by molar-refractivity contribution is 5.80. The fourth-order valence-electron chi connectivity index (χ4n) is 17.2. The molecule has 0 spiro atoms. The summed E-state index contributed by atoms with van der Waals surface area (Å²) in [6.07, 6.45) is -31.1. The molecule has 31 atom stereocenters. The summed E-state index contributed by atoms with van der Waals surface area (Å²) in [6.45, 7) is 15.4. The zero-order chi connectivity index (χ0) is 60.6. The van der Waals surface area contributed by atoms with Crippen LogP contribution in [0.3, 0.4) is 0 Å². The number of fused-ring (bicyclic) bond motifs is 7. The molecule has 474 valence electrons. The van der Waals surface area contributed by atoms with E-state index in [1.807, 2.05) is 0 Å². The van der Waals surface area contributed by atoms with E-state index in [1.165, 1.54) is 6.92 Å². The highest BCUT2D eigenvalue weighted by Gasteiger charge is 2.72. The molecule has 0 amide bonds. The van der Waals surface area contributed by atoms with E-state index in [0.29, 0.717) is 32.1 Å². The summed E-state index contributed by atoms with van der Waals surface area (Å²) in [5.41, 5.74) is -2.53. The second-order valence-electron chi connectivity index (χ2n) is 27.9. The molecule has 0 aromatic heterocycles. The first-order chi connectivity index (χ1) is 38.7. The van der Waals surface area contributed by atoms with E-state index in [0.717, 1.165) is 18.4 Å². The average Bonchev–Trinajstić information content (AvgIpc) is 0.895. The van der Waals surface area contributed by atoms with Crippen LogP contribution in [0.1, 0.15) is 113 Å². The second kappa shape index (κ2) is 23.0. The summed E-state index contributed by atoms with van der Waals surface area (Å²) in [5, 5.41) is 152. The van der Waals surface area contributed by atoms with Gasteiger partial charge in [0.1, 0.15) is 90.9 Å². The van der Waals surface area contributed by atoms with Gasteiger partial charge in [-0.15, -0.1) is 0 Å². The highest BCUT2D eigenvalue weighted by atomic mass is 16.8. The van der Waals surface area contributed by atoms with Crippen LogP contribution in [0.15, 0.2) is 11.6 Å². The number of carbonyl (C=O) groups excluding carboxylic acids is 1. The summed E-state index contributed by atoms with van der Waals surface area (Å²) in [5.74, 6) is -2.64. The average molecular weight is 1190 g/mol. The maximum atomic E-state index is 15.4. The smallest absolute Gasteiger partial charge is 0.335 e. The molecule has 5 aliphatic heterocycles. The van der Waals surface area contributed by atoms with E-state index in [4.69, 9.17) is 47.4 Å². The van der Waals surface area contributed by atoms with Crippen LogP contribution in [-0.4, -0.2) is 251 Å². The highest BCUT2D eigenvalue weighted by Crippen LogP contribution is 2.76. The summed E-state index contributed by atoms with van der Waals surface area (Å²) in [7, 11) is 0. The molecule has 10 aliphatic rings. The van der Waals surface area contributed by atoms with Gasteiger partial charge in [-0.05, 0) is 110 Å². The first-order valence-corrected chi connectivity index (χ1v) is 29.5. The first kappa shape index (κ1) is 63.8. The Morgan fingerprint density at radius 1 is 0.542 bits per heavy atom. The van der Waals surface area contributed by atoms with Crippen molar-refractivity contribution in [3.63, 3.8) is 0 Å². The molecule has 4 saturated carbocycles. The molecule has 83 heavy (non-hydrogen) atoms. The summed E-state index contributed by atoms with van der Waals surface area (Å²) in [6, 6.07) is 0. The molecule has 0 aromatic rings. The van der Waals surface area contributed by atoms with Gasteiger partial charge in [0.2, 0.25) is 6.29 Å². The Morgan fingerprint density at radius 2 is 1.12 bits per heavy atom. The van der Waals surface area contributed by atoms with Crippen molar-refractivity contribution in [2.45, 2.75) is 261 Å². The predicted octanol–water partition coefficient (Wildman–Crippen LogP) is -2.20. The van der Waals surface area contributed by atoms with Crippen molar-refractivity contribution in [2.75, 3.05) is 19.8 Å². The Labute approximate surface area is 481 Å². The molecule has 0 bridgehead atoms. The molecule has 5 heterocycles. The second-order valence-corrected chi connectivity index (χ2v) is 27.9. The Kier molecular flexibility index (Phi) is 17.7. The van der Waals surface area contributed by atoms with Gasteiger partial charge >= 0.3 is 11.9 Å². The maximum Gasteiger partial charge on any atom is 0.335 e. The fraction of sp³-hybridized carbons (Fsp3) is 0.930. The van der Waals surface area contributed by atoms with Crippen LogP contribution in [0, 0.1) is 50.2 Å². The number of carbonyl (C=O) groups is 2. The van der Waals surface area contributed by atoms with Gasteiger partial charge in [0.25, 0.3) is 0 Å². The van der Waals surface area contributed by atoms with Crippen molar-refractivity contribution >= 4 is 11.9 Å². The van der Waals surface area contributed by atoms with Crippen molar-refractivity contribution in [3.8, 4) is 0 Å². The number of aliphatic hydroxyl groups excluding tert-OH is 13. The van der Waals surface area contributed by atoms with E-state index in [9.17, 15) is 76.3 Å². The van der Waals surface area contributed by atoms with Crippen LogP contribution in [0.5, 0.6) is 0 Å². The largest absolute Gasteiger partial charge is 0.479 e. The number of hydrogen-bond acceptors (Lipinski definition) is 25. The van der Waals surface area contributed by atoms with Gasteiger partial charge in [0.05, 0.1) is 38.1 Å². The van der Waals surface area contributed by atoms with E-state index < -0.39 is 207 Å². The Hall–Kier alpha value is -2.20. The van der Waals surface area contributed by atoms with Gasteiger partial charge in [0.15, 0.2) is 37.4 Å². The molecule has 26 nitrogen and oxygen atoms in total. The molecule has 0 aromatic carbocycles. The van der Waals surface area contributed by atoms with Gasteiger partial charge in [0, 0.05) is 0 Å². The molecule has 0 radical (unpaired) electrons. The Balaban J connectivity index is 0.844. The normalized spacial score (nSPS) is 54.2. The fourth-order valence-corrected chi connectivity index (χ4v) is 17.2. The molecule has 9 fully saturated rings. The van der Waals surface area contributed by atoms with Crippen LogP contribution in [0.2, 0.25) is 0 Å². The Bertz CT molecular complexity index is 2380. The summed E-state index contributed by atoms with van der Waals surface area (Å²) in [4.78, 5) is 27.4. The predicted molar refractivity (Wildman–Crippen MR) is 278 cm³/mol. The van der Waals surface area contributed by atoms with E-state index >= 15 is 4.79 Å². The molecule has 14 N–H and O–H groups in total. The number of aliphatic carboxylic acids is 1. The summed E-state index contributed by atoms with van der Waals surface area (Å²) < 4.78 is 58.7. The van der Waals surface area contributed by atoms with E-state index in [2.05, 4.69) is 54.5 Å². The number of carboxylic acid groups (broad SMARTS) is 1. The monoisotopic (exact) mass is 1190 g/mol. The quantitative estimate of drug-likeness (QED) is 0.0593. The van der Waals surface area contributed by atoms with Gasteiger partial charge in [-0.1, -0.05) is 60.1 Å². The molecule has 5 saturated heterocycles. The number of esters is 1. The third-order valence-corrected chi connectivity index (χ3v) is 22.3. The van der Waals surface area contributed by atoms with Crippen molar-refractivity contribution < 1.29 is 128 Å². The molecular weight excluding hydrogens is 1100 g/mol. The van der Waals surface area contributed by atoms with Crippen LogP contribution < -0.4 is 0 Å². The minimum Gasteiger partial charge on any atom is -0.479 e. The standard InChI is InChI=1S/C57H90O26/c1-22-41(79-47-40(70)42(27(60)21-75-47)80-46-37(67)32(62)25(58)19-74-46)36(66)39(69)48(77-22)82-44-33(63)26(59)20-76-50(44)83-51(73)57-16-15-52(2,3)17-24(57)23-9-10-29-54(6)13-12-31(78-49-38(68)34(64)35(65)43(81-49)45(71)72)53(4,5)28(54)11-14-55(29,7)56(23,8)18-30(57)61/h9,22,24-44,46-50,58-70H,10-21H2,1-8H3,(H,71,72)/t22-,24-,25+,26+,27+,28-,29+,30+,31-,32-,33-,34-,35-,36-,37+,38+,39+,40+,41-,42-,43-,44+,46-,47-,48-,49+,50-,54-,55+,56+,57+/m0/s1. The number of carboxylic acids is 1. The Morgan fingerprint density at radius 3 is 1.80 bits per heavy atom. The van der Waals surface area contributed by atoms with Crippen LogP contribution >= 0.6 is 0 Å². The van der Waals surface area contributed by atoms with Gasteiger partial charge in [-0.25, -0.2) is 4.79 Å². The molecule has 10 rings (SSSR count). The molecule has 5 aliphatic carbocycles. The maximum absolute atomic E-state index is 15.4. The number of aliphatic hydroxyl groups is 13. The number of rotatable bonds is 11. The van der Waals surface area contributed by atoms with Crippen LogP contribution in [0.4, 0.5) is 0 Å². The zero-order valence-electron chi connectivity index (χ0n) is 48.3. The number of allylic oxidation sites excluding steroid dienone is 2. The van der Waals surface area contributed by atoms with Gasteiger partial charge in [-0.2, -0.15) is 0 Å².